The number of nitrogens with zero attached hydrogens (tertiary/aromatic N) is 1. The first-order valence-corrected chi connectivity index (χ1v) is 5.48. The summed E-state index contributed by atoms with van der Waals surface area (Å²) >= 11 is 0. The highest BCUT2D eigenvalue weighted by atomic mass is 32.2. The zero-order valence-corrected chi connectivity index (χ0v) is 8.62. The van der Waals surface area contributed by atoms with Crippen LogP contribution in [0.2, 0.25) is 0 Å². The highest BCUT2D eigenvalue weighted by Gasteiger charge is 2.25. The van der Waals surface area contributed by atoms with Crippen molar-refractivity contribution < 1.29 is 4.21 Å². The van der Waals surface area contributed by atoms with Crippen LogP contribution in [0.4, 0.5) is 0 Å². The van der Waals surface area contributed by atoms with E-state index in [2.05, 4.69) is 5.32 Å². The molecular weight excluding hydrogens is 194 g/mol. The second-order valence-corrected chi connectivity index (χ2v) is 4.48. The standard InChI is InChI=1S/C11H10NOS/c1-9-4-6-10(7-5-9)14(13)11-3-2-8-12-11/h2-8H,1H3/t14-/m0/s1. The minimum atomic E-state index is -1.14. The minimum Gasteiger partial charge on any atom is -0.252 e. The van der Waals surface area contributed by atoms with E-state index in [1.54, 1.807) is 19.4 Å². The zero-order chi connectivity index (χ0) is 9.97. The highest BCUT2D eigenvalue weighted by molar-refractivity contribution is 7.88. The second-order valence-electron chi connectivity index (χ2n) is 3.06. The van der Waals surface area contributed by atoms with Crippen molar-refractivity contribution in [2.24, 2.45) is 0 Å². The molecule has 1 fully saturated rings. The van der Waals surface area contributed by atoms with Gasteiger partial charge in [0.1, 0.15) is 0 Å². The molecule has 1 aliphatic rings. The predicted molar refractivity (Wildman–Crippen MR) is 55.9 cm³/mol. The molecule has 71 valence electrons. The van der Waals surface area contributed by atoms with Crippen LogP contribution >= 0.6 is 0 Å². The Kier molecular flexibility index (Phi) is 2.99. The third kappa shape index (κ3) is 2.04. The van der Waals surface area contributed by atoms with E-state index in [0.29, 0.717) is 5.37 Å². The summed E-state index contributed by atoms with van der Waals surface area (Å²) in [6.45, 7) is 3.66. The van der Waals surface area contributed by atoms with Crippen molar-refractivity contribution in [2.75, 3.05) is 0 Å². The lowest BCUT2D eigenvalue weighted by molar-refractivity contribution is 0.681. The first kappa shape index (κ1) is 9.87. The molecule has 0 saturated carbocycles. The molecule has 1 aromatic rings. The Morgan fingerprint density at radius 3 is 2.50 bits per heavy atom. The maximum Gasteiger partial charge on any atom is 0.151 e. The van der Waals surface area contributed by atoms with Gasteiger partial charge in [-0.15, -0.1) is 0 Å². The van der Waals surface area contributed by atoms with Gasteiger partial charge in [0.2, 0.25) is 0 Å². The van der Waals surface area contributed by atoms with Gasteiger partial charge in [0.25, 0.3) is 0 Å². The average Bonchev–Trinajstić information content (AvgIpc) is 2.71. The van der Waals surface area contributed by atoms with E-state index < -0.39 is 10.8 Å². The molecule has 1 aromatic carbocycles. The van der Waals surface area contributed by atoms with Crippen LogP contribution in [0.25, 0.3) is 0 Å². The Morgan fingerprint density at radius 2 is 1.93 bits per heavy atom. The van der Waals surface area contributed by atoms with Crippen LogP contribution in [0.3, 0.4) is 0 Å². The number of rotatable bonds is 2. The van der Waals surface area contributed by atoms with E-state index in [-0.39, 0.29) is 0 Å². The Bertz CT molecular complexity index is 328. The summed E-state index contributed by atoms with van der Waals surface area (Å²) in [5, 5.41) is 4.63. The number of aryl methyl sites for hydroxylation is 1. The molecule has 0 bridgehead atoms. The van der Waals surface area contributed by atoms with Crippen molar-refractivity contribution in [3.8, 4) is 0 Å². The smallest absolute Gasteiger partial charge is 0.151 e. The van der Waals surface area contributed by atoms with Gasteiger partial charge in [-0.2, -0.15) is 0 Å². The van der Waals surface area contributed by atoms with E-state index in [1.165, 1.54) is 5.56 Å². The number of hydrogen-bond acceptors (Lipinski definition) is 1. The first-order chi connectivity index (χ1) is 6.77. The fourth-order valence-corrected chi connectivity index (χ4v) is 2.16. The lowest BCUT2D eigenvalue weighted by Crippen LogP contribution is -2.10. The maximum atomic E-state index is 11.9. The van der Waals surface area contributed by atoms with Crippen LogP contribution in [-0.4, -0.2) is 4.21 Å². The third-order valence-electron chi connectivity index (χ3n) is 1.95. The predicted octanol–water partition coefficient (Wildman–Crippen LogP) is 1.78. The van der Waals surface area contributed by atoms with Gasteiger partial charge in [0.05, 0.1) is 10.8 Å². The van der Waals surface area contributed by atoms with Crippen LogP contribution in [0, 0.1) is 31.7 Å². The van der Waals surface area contributed by atoms with Gasteiger partial charge < -0.3 is 0 Å². The third-order valence-corrected chi connectivity index (χ3v) is 3.27. The lowest BCUT2D eigenvalue weighted by atomic mass is 10.2. The Balaban J connectivity index is 2.14. The van der Waals surface area contributed by atoms with Crippen LogP contribution in [-0.2, 0) is 10.8 Å². The van der Waals surface area contributed by atoms with Gasteiger partial charge in [-0.05, 0) is 25.5 Å². The van der Waals surface area contributed by atoms with Gasteiger partial charge in [0, 0.05) is 17.9 Å². The first-order valence-electron chi connectivity index (χ1n) is 4.33. The second kappa shape index (κ2) is 4.24. The SMILES string of the molecule is Cc1ccc([S@](=O)[C]2[CH][CH][CH][N]2)cc1. The molecule has 2 rings (SSSR count). The highest BCUT2D eigenvalue weighted by Crippen LogP contribution is 2.24. The normalized spacial score (nSPS) is 19.8. The summed E-state index contributed by atoms with van der Waals surface area (Å²) in [6.07, 6.45) is 3.57. The summed E-state index contributed by atoms with van der Waals surface area (Å²) in [4.78, 5) is 0.800. The van der Waals surface area contributed by atoms with Gasteiger partial charge >= 0.3 is 0 Å². The molecule has 0 N–H and O–H groups in total. The number of hydrogen-bond donors (Lipinski definition) is 0. The van der Waals surface area contributed by atoms with Crippen molar-refractivity contribution in [3.63, 3.8) is 0 Å². The zero-order valence-electron chi connectivity index (χ0n) is 7.81. The Labute approximate surface area is 87.2 Å². The Hall–Kier alpha value is -0.670. The van der Waals surface area contributed by atoms with Gasteiger partial charge in [-0.25, -0.2) is 5.32 Å². The average molecular weight is 204 g/mol. The van der Waals surface area contributed by atoms with Crippen LogP contribution in [0.15, 0.2) is 29.2 Å². The molecule has 0 aliphatic carbocycles. The van der Waals surface area contributed by atoms with E-state index in [0.717, 1.165) is 4.90 Å². The summed E-state index contributed by atoms with van der Waals surface area (Å²) in [6, 6.07) is 7.66. The van der Waals surface area contributed by atoms with Gasteiger partial charge in [0.15, 0.2) is 5.37 Å². The van der Waals surface area contributed by atoms with Crippen molar-refractivity contribution >= 4 is 10.8 Å². The molecule has 1 atom stereocenters. The molecule has 0 amide bonds. The van der Waals surface area contributed by atoms with Crippen molar-refractivity contribution in [2.45, 2.75) is 11.8 Å². The Morgan fingerprint density at radius 1 is 1.21 bits per heavy atom. The van der Waals surface area contributed by atoms with E-state index >= 15 is 0 Å². The summed E-state index contributed by atoms with van der Waals surface area (Å²) in [7, 11) is -1.14. The van der Waals surface area contributed by atoms with Gasteiger partial charge in [-0.1, -0.05) is 17.7 Å². The fraction of sp³-hybridized carbons (Fsp3) is 0.0909. The molecule has 1 saturated heterocycles. The van der Waals surface area contributed by atoms with E-state index in [1.807, 2.05) is 31.2 Å². The van der Waals surface area contributed by atoms with Crippen LogP contribution in [0.1, 0.15) is 5.56 Å². The fourth-order valence-electron chi connectivity index (χ4n) is 1.18. The monoisotopic (exact) mass is 204 g/mol. The molecule has 1 heterocycles. The van der Waals surface area contributed by atoms with Crippen molar-refractivity contribution in [1.82, 2.24) is 5.32 Å². The summed E-state index contributed by atoms with van der Waals surface area (Å²) in [5.74, 6) is 0. The van der Waals surface area contributed by atoms with E-state index in [9.17, 15) is 4.21 Å². The maximum absolute atomic E-state index is 11.9. The molecule has 0 spiro atoms. The van der Waals surface area contributed by atoms with Crippen LogP contribution < -0.4 is 5.32 Å². The van der Waals surface area contributed by atoms with Crippen molar-refractivity contribution in [1.29, 1.82) is 0 Å². The quantitative estimate of drug-likeness (QED) is 0.722. The van der Waals surface area contributed by atoms with E-state index in [4.69, 9.17) is 0 Å². The molecule has 0 aromatic heterocycles. The molecule has 1 aliphatic heterocycles. The largest absolute Gasteiger partial charge is 0.252 e. The number of benzene rings is 1. The van der Waals surface area contributed by atoms with Crippen molar-refractivity contribution in [3.05, 3.63) is 54.6 Å². The lowest BCUT2D eigenvalue weighted by Gasteiger charge is -2.06. The van der Waals surface area contributed by atoms with Crippen LogP contribution in [0.5, 0.6) is 0 Å². The molecular formula is C11H10NOS. The molecule has 5 radical (unpaired) electrons. The molecule has 14 heavy (non-hydrogen) atoms. The topological polar surface area (TPSA) is 31.2 Å². The molecule has 0 unspecified atom stereocenters. The minimum absolute atomic E-state index is 0.619. The molecule has 3 heteroatoms. The van der Waals surface area contributed by atoms with Gasteiger partial charge in [-0.3, -0.25) is 4.21 Å². The molecule has 2 nitrogen and oxygen atoms in total. The summed E-state index contributed by atoms with van der Waals surface area (Å²) in [5.41, 5.74) is 1.17. The summed E-state index contributed by atoms with van der Waals surface area (Å²) < 4.78 is 11.9.